The minimum Gasteiger partial charge on any atom is -0.474 e. The van der Waals surface area contributed by atoms with E-state index in [4.69, 9.17) is 15.7 Å². The Labute approximate surface area is 208 Å². The highest BCUT2D eigenvalue weighted by molar-refractivity contribution is 6.02. The molecule has 1 saturated heterocycles. The first kappa shape index (κ1) is 25.0. The van der Waals surface area contributed by atoms with Gasteiger partial charge in [-0.05, 0) is 76.8 Å². The fraction of sp³-hybridized carbons (Fsp3) is 0.500. The van der Waals surface area contributed by atoms with Gasteiger partial charge >= 0.3 is 0 Å². The van der Waals surface area contributed by atoms with Crippen LogP contribution in [0.25, 0.3) is 0 Å². The number of unbranched alkanes of at least 4 members (excludes halogenated alkanes) is 2. The lowest BCUT2D eigenvalue weighted by Crippen LogP contribution is -2.44. The van der Waals surface area contributed by atoms with Crippen LogP contribution in [0.3, 0.4) is 0 Å². The molecule has 3 atom stereocenters. The van der Waals surface area contributed by atoms with Crippen molar-refractivity contribution in [3.8, 4) is 5.75 Å². The fourth-order valence-electron chi connectivity index (χ4n) is 5.44. The van der Waals surface area contributed by atoms with Crippen LogP contribution >= 0.6 is 0 Å². The Hall–Kier alpha value is -3.06. The van der Waals surface area contributed by atoms with Crippen LogP contribution in [0.15, 0.2) is 47.6 Å². The number of benzene rings is 2. The Morgan fingerprint density at radius 3 is 2.54 bits per heavy atom. The zero-order valence-corrected chi connectivity index (χ0v) is 21.1. The lowest BCUT2D eigenvalue weighted by atomic mass is 9.97. The van der Waals surface area contributed by atoms with Crippen LogP contribution in [0.2, 0.25) is 0 Å². The molecule has 0 bridgehead atoms. The number of nitrogens with zero attached hydrogens (tertiary/aromatic N) is 3. The summed E-state index contributed by atoms with van der Waals surface area (Å²) >= 11 is 0. The maximum atomic E-state index is 13.7. The number of piperidine rings is 1. The van der Waals surface area contributed by atoms with Gasteiger partial charge in [-0.25, -0.2) is 0 Å². The molecule has 1 fully saturated rings. The van der Waals surface area contributed by atoms with Gasteiger partial charge in [-0.15, -0.1) is 0 Å². The molecular weight excluding hydrogens is 440 g/mol. The summed E-state index contributed by atoms with van der Waals surface area (Å²) in [5.41, 5.74) is 8.82. The topological polar surface area (TPSA) is 91.4 Å². The van der Waals surface area contributed by atoms with E-state index in [-0.39, 0.29) is 11.7 Å². The molecule has 0 unspecified atom stereocenters. The number of fused-ring (bicyclic) bond motifs is 1. The summed E-state index contributed by atoms with van der Waals surface area (Å²) in [6.45, 7) is 8.40. The molecule has 0 radical (unpaired) electrons. The first-order chi connectivity index (χ1) is 16.9. The van der Waals surface area contributed by atoms with Crippen LogP contribution in [-0.2, 0) is 4.79 Å². The average Bonchev–Trinajstić information content (AvgIpc) is 2.86. The summed E-state index contributed by atoms with van der Waals surface area (Å²) in [6.07, 6.45) is 6.30. The van der Waals surface area contributed by atoms with E-state index in [1.807, 2.05) is 42.2 Å². The first-order valence-corrected chi connectivity index (χ1v) is 12.8. The van der Waals surface area contributed by atoms with Gasteiger partial charge in [0.05, 0.1) is 5.69 Å². The van der Waals surface area contributed by atoms with E-state index in [9.17, 15) is 4.79 Å². The van der Waals surface area contributed by atoms with Gasteiger partial charge in [0, 0.05) is 29.8 Å². The van der Waals surface area contributed by atoms with Crippen molar-refractivity contribution in [3.05, 3.63) is 59.2 Å². The Morgan fingerprint density at radius 1 is 1.09 bits per heavy atom. The number of hydrogen-bond donors (Lipinski definition) is 2. The summed E-state index contributed by atoms with van der Waals surface area (Å²) in [7, 11) is 0. The number of carbonyl (C=O) groups is 1. The van der Waals surface area contributed by atoms with Gasteiger partial charge in [0.25, 0.3) is 5.91 Å². The van der Waals surface area contributed by atoms with Crippen molar-refractivity contribution in [3.63, 3.8) is 0 Å². The minimum atomic E-state index is -0.772. The standard InChI is InChI=1S/C28H38N4O3/c1-19-14-15-22(27(29)30-34)18-23(19)26-28(33)32(24-12-5-6-13-25(24)35-26)17-8-4-7-16-31-20(2)10-9-11-21(31)3/h5-6,12-15,18,20-21,26,34H,4,7-11,16-17H2,1-3H3,(H2,29,30)/t20-,21+,26-/m0/s1. The first-order valence-electron chi connectivity index (χ1n) is 12.8. The Balaban J connectivity index is 1.46. The smallest absolute Gasteiger partial charge is 0.272 e. The number of para-hydroxylation sites is 2. The number of nitrogens with two attached hydrogens (primary N) is 1. The fourth-order valence-corrected chi connectivity index (χ4v) is 5.44. The quantitative estimate of drug-likeness (QED) is 0.183. The number of amidine groups is 1. The highest BCUT2D eigenvalue weighted by atomic mass is 16.5. The number of carbonyl (C=O) groups excluding carboxylic acids is 1. The number of amides is 1. The summed E-state index contributed by atoms with van der Waals surface area (Å²) in [5, 5.41) is 12.2. The van der Waals surface area contributed by atoms with Gasteiger partial charge in [0.1, 0.15) is 5.75 Å². The number of aryl methyl sites for hydroxylation is 1. The largest absolute Gasteiger partial charge is 0.474 e. The van der Waals surface area contributed by atoms with Crippen molar-refractivity contribution in [2.24, 2.45) is 10.9 Å². The molecule has 3 N–H and O–H groups in total. The number of likely N-dealkylation sites (tertiary alicyclic amines) is 1. The molecule has 188 valence electrons. The van der Waals surface area contributed by atoms with Crippen molar-refractivity contribution in [1.82, 2.24) is 4.90 Å². The van der Waals surface area contributed by atoms with Crippen molar-refractivity contribution in [2.45, 2.75) is 77.5 Å². The predicted molar refractivity (Wildman–Crippen MR) is 139 cm³/mol. The molecule has 35 heavy (non-hydrogen) atoms. The molecule has 0 spiro atoms. The van der Waals surface area contributed by atoms with E-state index >= 15 is 0 Å². The normalized spacial score (nSPS) is 23.2. The van der Waals surface area contributed by atoms with Crippen LogP contribution in [0.1, 0.15) is 75.2 Å². The second-order valence-corrected chi connectivity index (χ2v) is 9.94. The van der Waals surface area contributed by atoms with Crippen molar-refractivity contribution in [2.75, 3.05) is 18.0 Å². The van der Waals surface area contributed by atoms with Gasteiger partial charge in [-0.1, -0.05) is 42.3 Å². The second kappa shape index (κ2) is 11.1. The highest BCUT2D eigenvalue weighted by Gasteiger charge is 2.36. The third-order valence-corrected chi connectivity index (χ3v) is 7.53. The summed E-state index contributed by atoms with van der Waals surface area (Å²) in [4.78, 5) is 18.2. The Morgan fingerprint density at radius 2 is 1.80 bits per heavy atom. The Kier molecular flexibility index (Phi) is 7.96. The number of ether oxygens (including phenoxy) is 1. The number of anilines is 1. The van der Waals surface area contributed by atoms with Gasteiger partial charge < -0.3 is 20.6 Å². The van der Waals surface area contributed by atoms with Crippen LogP contribution in [0.5, 0.6) is 5.75 Å². The van der Waals surface area contributed by atoms with Gasteiger partial charge in [-0.3, -0.25) is 9.69 Å². The van der Waals surface area contributed by atoms with Crippen LogP contribution in [0.4, 0.5) is 5.69 Å². The molecule has 2 aromatic rings. The van der Waals surface area contributed by atoms with E-state index in [0.717, 1.165) is 42.6 Å². The van der Waals surface area contributed by atoms with E-state index < -0.39 is 6.10 Å². The molecule has 2 aliphatic heterocycles. The molecule has 7 nitrogen and oxygen atoms in total. The van der Waals surface area contributed by atoms with Gasteiger partial charge in [0.15, 0.2) is 5.84 Å². The van der Waals surface area contributed by atoms with Crippen molar-refractivity contribution in [1.29, 1.82) is 0 Å². The minimum absolute atomic E-state index is 0.00380. The molecule has 0 saturated carbocycles. The van der Waals surface area contributed by atoms with Crippen LogP contribution in [-0.4, -0.2) is 47.0 Å². The molecule has 4 rings (SSSR count). The monoisotopic (exact) mass is 478 g/mol. The maximum absolute atomic E-state index is 13.7. The van der Waals surface area contributed by atoms with Crippen molar-refractivity contribution < 1.29 is 14.7 Å². The third-order valence-electron chi connectivity index (χ3n) is 7.53. The number of hydrogen-bond acceptors (Lipinski definition) is 5. The zero-order valence-electron chi connectivity index (χ0n) is 21.1. The van der Waals surface area contributed by atoms with Crippen molar-refractivity contribution >= 4 is 17.4 Å². The highest BCUT2D eigenvalue weighted by Crippen LogP contribution is 2.39. The summed E-state index contributed by atoms with van der Waals surface area (Å²) in [5.74, 6) is 0.618. The van der Waals surface area contributed by atoms with Crippen LogP contribution in [0, 0.1) is 6.92 Å². The van der Waals surface area contributed by atoms with Gasteiger partial charge in [0.2, 0.25) is 6.10 Å². The van der Waals surface area contributed by atoms with Crippen LogP contribution < -0.4 is 15.4 Å². The molecule has 0 aliphatic carbocycles. The predicted octanol–water partition coefficient (Wildman–Crippen LogP) is 4.99. The molecule has 7 heteroatoms. The second-order valence-electron chi connectivity index (χ2n) is 9.94. The molecule has 2 aliphatic rings. The average molecular weight is 479 g/mol. The number of oxime groups is 1. The lowest BCUT2D eigenvalue weighted by Gasteiger charge is -2.39. The zero-order chi connectivity index (χ0) is 24.9. The molecular formula is C28H38N4O3. The Bertz CT molecular complexity index is 1060. The van der Waals surface area contributed by atoms with Gasteiger partial charge in [-0.2, -0.15) is 0 Å². The summed E-state index contributed by atoms with van der Waals surface area (Å²) < 4.78 is 6.20. The van der Waals surface area contributed by atoms with E-state index in [2.05, 4.69) is 23.9 Å². The maximum Gasteiger partial charge on any atom is 0.272 e. The molecule has 0 aromatic heterocycles. The summed E-state index contributed by atoms with van der Waals surface area (Å²) in [6, 6.07) is 14.5. The van der Waals surface area contributed by atoms with E-state index in [1.165, 1.54) is 19.3 Å². The molecule has 2 heterocycles. The van der Waals surface area contributed by atoms with E-state index in [1.54, 1.807) is 12.1 Å². The van der Waals surface area contributed by atoms with E-state index in [0.29, 0.717) is 29.9 Å². The molecule has 1 amide bonds. The number of rotatable bonds is 8. The third kappa shape index (κ3) is 5.45. The molecule has 2 aromatic carbocycles. The SMILES string of the molecule is Cc1ccc(C(N)=NO)cc1[C@@H]1Oc2ccccc2N(CCCCCN2[C@H](C)CCC[C@@H]2C)C1=O. The lowest BCUT2D eigenvalue weighted by molar-refractivity contribution is -0.126.